The normalized spacial score (nSPS) is 17.2. The summed E-state index contributed by atoms with van der Waals surface area (Å²) in [6.07, 6.45) is 3.74. The van der Waals surface area contributed by atoms with Gasteiger partial charge in [0.25, 0.3) is 0 Å². The number of alkyl halides is 2. The molecule has 0 spiro atoms. The fraction of sp³-hybridized carbons (Fsp3) is 0.348. The number of hydrogen-bond donors (Lipinski definition) is 3. The van der Waals surface area contributed by atoms with Crippen LogP contribution in [0.1, 0.15) is 31.2 Å². The van der Waals surface area contributed by atoms with Gasteiger partial charge in [-0.3, -0.25) is 0 Å². The van der Waals surface area contributed by atoms with Crippen molar-refractivity contribution in [2.75, 3.05) is 17.7 Å². The molecule has 0 radical (unpaired) electrons. The smallest absolute Gasteiger partial charge is 0.250 e. The van der Waals surface area contributed by atoms with Crippen molar-refractivity contribution in [1.29, 1.82) is 5.26 Å². The first kappa shape index (κ1) is 22.5. The van der Waals surface area contributed by atoms with Crippen molar-refractivity contribution in [3.63, 3.8) is 0 Å². The van der Waals surface area contributed by atoms with Crippen molar-refractivity contribution in [3.8, 4) is 23.2 Å². The molecule has 0 amide bonds. The lowest BCUT2D eigenvalue weighted by molar-refractivity contribution is -0.0373. The summed E-state index contributed by atoms with van der Waals surface area (Å²) in [7, 11) is 3.39. The number of aromatic nitrogens is 6. The highest BCUT2D eigenvalue weighted by atomic mass is 19.3. The number of rotatable bonds is 6. The Balaban J connectivity index is 1.49. The zero-order chi connectivity index (χ0) is 24.6. The van der Waals surface area contributed by atoms with Crippen molar-refractivity contribution >= 4 is 28.5 Å². The molecule has 0 saturated heterocycles. The number of hydrogen-bond acceptors (Lipinski definition) is 8. The molecule has 0 aliphatic heterocycles. The lowest BCUT2D eigenvalue weighted by Crippen LogP contribution is -2.34. The highest BCUT2D eigenvalue weighted by Crippen LogP contribution is 2.36. The van der Waals surface area contributed by atoms with Crippen LogP contribution in [-0.4, -0.2) is 48.8 Å². The van der Waals surface area contributed by atoms with Crippen LogP contribution in [0.15, 0.2) is 30.7 Å². The summed E-state index contributed by atoms with van der Waals surface area (Å²) in [4.78, 5) is 12.0. The van der Waals surface area contributed by atoms with E-state index in [0.29, 0.717) is 52.5 Å². The number of nitriles is 1. The van der Waals surface area contributed by atoms with E-state index >= 15 is 0 Å². The number of nitrogens with one attached hydrogen (secondary N) is 3. The number of benzene rings is 1. The van der Waals surface area contributed by atoms with Crippen LogP contribution in [0.5, 0.6) is 5.75 Å². The van der Waals surface area contributed by atoms with Crippen molar-refractivity contribution in [3.05, 3.63) is 36.3 Å². The number of anilines is 3. The van der Waals surface area contributed by atoms with Gasteiger partial charge in [0, 0.05) is 37.7 Å². The van der Waals surface area contributed by atoms with Crippen molar-refractivity contribution < 1.29 is 13.5 Å². The van der Waals surface area contributed by atoms with E-state index in [2.05, 4.69) is 41.9 Å². The molecule has 3 aromatic heterocycles. The Hall–Kier alpha value is -4.27. The Kier molecular flexibility index (Phi) is 5.68. The molecule has 35 heavy (non-hydrogen) atoms. The number of aryl methyl sites for hydroxylation is 1. The van der Waals surface area contributed by atoms with E-state index < -0.39 is 12.0 Å². The van der Waals surface area contributed by atoms with E-state index in [9.17, 15) is 14.0 Å². The summed E-state index contributed by atoms with van der Waals surface area (Å²) < 4.78 is 35.3. The van der Waals surface area contributed by atoms with Crippen LogP contribution in [0, 0.1) is 11.3 Å². The van der Waals surface area contributed by atoms with Crippen LogP contribution in [0.2, 0.25) is 0 Å². The molecule has 4 aromatic rings. The van der Waals surface area contributed by atoms with Gasteiger partial charge in [0.05, 0.1) is 23.7 Å². The number of H-pyrrole nitrogens is 1. The quantitative estimate of drug-likeness (QED) is 0.372. The second-order valence-corrected chi connectivity index (χ2v) is 8.53. The Bertz CT molecular complexity index is 1420. The van der Waals surface area contributed by atoms with E-state index in [4.69, 9.17) is 4.74 Å². The Morgan fingerprint density at radius 1 is 1.31 bits per heavy atom. The van der Waals surface area contributed by atoms with Gasteiger partial charge in [-0.15, -0.1) is 10.2 Å². The molecular weight excluding hydrogens is 456 g/mol. The summed E-state index contributed by atoms with van der Waals surface area (Å²) in [5.41, 5.74) is 2.16. The molecule has 0 bridgehead atoms. The van der Waals surface area contributed by atoms with E-state index in [1.54, 1.807) is 24.1 Å². The van der Waals surface area contributed by atoms with Crippen LogP contribution < -0.4 is 15.4 Å². The highest BCUT2D eigenvalue weighted by Gasteiger charge is 2.36. The summed E-state index contributed by atoms with van der Waals surface area (Å²) in [6.45, 7) is 0. The molecule has 1 saturated carbocycles. The average Bonchev–Trinajstić information content (AvgIpc) is 3.44. The number of methoxy groups -OCH3 is 1. The van der Waals surface area contributed by atoms with E-state index in [-0.39, 0.29) is 18.8 Å². The number of nitrogens with zero attached hydrogens (tertiary/aromatic N) is 6. The fourth-order valence-electron chi connectivity index (χ4n) is 4.37. The third kappa shape index (κ3) is 4.44. The second kappa shape index (κ2) is 8.83. The maximum atomic E-state index is 14.0. The lowest BCUT2D eigenvalue weighted by Gasteiger charge is -2.30. The van der Waals surface area contributed by atoms with Crippen molar-refractivity contribution in [2.45, 2.75) is 37.6 Å². The average molecular weight is 479 g/mol. The molecule has 3 heterocycles. The van der Waals surface area contributed by atoms with Gasteiger partial charge in [-0.05, 0) is 31.0 Å². The maximum Gasteiger partial charge on any atom is 0.250 e. The summed E-state index contributed by atoms with van der Waals surface area (Å²) in [5.74, 6) is -0.971. The van der Waals surface area contributed by atoms with Gasteiger partial charge >= 0.3 is 0 Å². The Labute approximate surface area is 199 Å². The van der Waals surface area contributed by atoms with Crippen molar-refractivity contribution in [2.24, 2.45) is 7.05 Å². The summed E-state index contributed by atoms with van der Waals surface area (Å²) in [6, 6.07) is 7.12. The standard InChI is InChI=1S/C23H23F2N9O/c1-34-12-28-33-21(34)13-5-6-16(17(8-13)35-2)30-22-31-19-18(14(10-26)11-27-19)20(32-22)29-15-4-3-7-23(24,25)9-15/h5-6,8,11-12,15H,3-4,7,9H2,1-2H3,(H3,27,29,30,31,32). The summed E-state index contributed by atoms with van der Waals surface area (Å²) in [5, 5.41) is 24.3. The maximum absolute atomic E-state index is 14.0. The topological polar surface area (TPSA) is 129 Å². The minimum atomic E-state index is -2.73. The van der Waals surface area contributed by atoms with Gasteiger partial charge in [-0.2, -0.15) is 15.2 Å². The summed E-state index contributed by atoms with van der Waals surface area (Å²) >= 11 is 0. The first-order chi connectivity index (χ1) is 16.9. The van der Waals surface area contributed by atoms with E-state index in [1.807, 2.05) is 19.2 Å². The Morgan fingerprint density at radius 2 is 2.17 bits per heavy atom. The van der Waals surface area contributed by atoms with Crippen LogP contribution in [0.4, 0.5) is 26.2 Å². The zero-order valence-corrected chi connectivity index (χ0v) is 19.1. The Morgan fingerprint density at radius 3 is 2.89 bits per heavy atom. The van der Waals surface area contributed by atoms with Gasteiger partial charge in [0.15, 0.2) is 5.82 Å². The van der Waals surface area contributed by atoms with Gasteiger partial charge in [-0.25, -0.2) is 8.78 Å². The molecule has 5 rings (SSSR count). The van der Waals surface area contributed by atoms with Gasteiger partial charge in [0.2, 0.25) is 11.9 Å². The molecule has 1 atom stereocenters. The number of aromatic amines is 1. The molecule has 12 heteroatoms. The fourth-order valence-corrected chi connectivity index (χ4v) is 4.37. The molecule has 1 aliphatic rings. The predicted octanol–water partition coefficient (Wildman–Crippen LogP) is 4.37. The first-order valence-electron chi connectivity index (χ1n) is 11.1. The predicted molar refractivity (Wildman–Crippen MR) is 126 cm³/mol. The molecule has 1 fully saturated rings. The molecule has 1 aromatic carbocycles. The van der Waals surface area contributed by atoms with Crippen LogP contribution in [0.3, 0.4) is 0 Å². The van der Waals surface area contributed by atoms with Crippen LogP contribution >= 0.6 is 0 Å². The third-order valence-electron chi connectivity index (χ3n) is 6.05. The van der Waals surface area contributed by atoms with Crippen molar-refractivity contribution in [1.82, 2.24) is 29.7 Å². The molecule has 10 nitrogen and oxygen atoms in total. The first-order valence-corrected chi connectivity index (χ1v) is 11.1. The molecule has 1 unspecified atom stereocenters. The number of halogens is 2. The highest BCUT2D eigenvalue weighted by molar-refractivity contribution is 5.93. The zero-order valence-electron chi connectivity index (χ0n) is 19.1. The minimum absolute atomic E-state index is 0.116. The molecule has 3 N–H and O–H groups in total. The van der Waals surface area contributed by atoms with Gasteiger partial charge in [-0.1, -0.05) is 0 Å². The van der Waals surface area contributed by atoms with E-state index in [1.165, 1.54) is 6.20 Å². The molecular formula is C23H23F2N9O. The van der Waals surface area contributed by atoms with Gasteiger partial charge < -0.3 is 24.9 Å². The second-order valence-electron chi connectivity index (χ2n) is 8.53. The number of ether oxygens (including phenoxy) is 1. The molecule has 1 aliphatic carbocycles. The monoisotopic (exact) mass is 479 g/mol. The largest absolute Gasteiger partial charge is 0.495 e. The minimum Gasteiger partial charge on any atom is -0.495 e. The lowest BCUT2D eigenvalue weighted by atomic mass is 9.92. The van der Waals surface area contributed by atoms with Gasteiger partial charge in [0.1, 0.15) is 29.6 Å². The number of fused-ring (bicyclic) bond motifs is 1. The van der Waals surface area contributed by atoms with Crippen LogP contribution in [-0.2, 0) is 7.05 Å². The van der Waals surface area contributed by atoms with Crippen LogP contribution in [0.25, 0.3) is 22.4 Å². The SMILES string of the molecule is COc1cc(-c2nncn2C)ccc1Nc1nc(NC2CCCC(F)(F)C2)c2c(C#N)c[nH]c2n1. The van der Waals surface area contributed by atoms with E-state index in [0.717, 1.165) is 5.56 Å². The third-order valence-corrected chi connectivity index (χ3v) is 6.05. The molecule has 180 valence electrons.